The zero-order valence-corrected chi connectivity index (χ0v) is 12.2. The summed E-state index contributed by atoms with van der Waals surface area (Å²) in [5.41, 5.74) is 0. The van der Waals surface area contributed by atoms with Gasteiger partial charge in [-0.25, -0.2) is 4.99 Å². The molecule has 1 saturated heterocycles. The van der Waals surface area contributed by atoms with Gasteiger partial charge in [0.1, 0.15) is 6.54 Å². The maximum absolute atomic E-state index is 11.8. The van der Waals surface area contributed by atoms with Crippen LogP contribution in [0.3, 0.4) is 0 Å². The van der Waals surface area contributed by atoms with Crippen LogP contribution in [0.4, 0.5) is 0 Å². The molecule has 0 radical (unpaired) electrons. The normalized spacial score (nSPS) is 15.9. The van der Waals surface area contributed by atoms with E-state index in [1.807, 2.05) is 11.8 Å². The molecule has 1 heterocycles. The van der Waals surface area contributed by atoms with E-state index < -0.39 is 0 Å². The van der Waals surface area contributed by atoms with Crippen LogP contribution in [0, 0.1) is 0 Å². The quantitative estimate of drug-likeness (QED) is 0.421. The molecule has 0 bridgehead atoms. The van der Waals surface area contributed by atoms with Crippen molar-refractivity contribution in [2.24, 2.45) is 4.99 Å². The topological polar surface area (TPSA) is 56.7 Å². The standard InChI is InChI=1S/C12H24N4OS/c1-3-13-12(14-6-9-18-2)15-10-11(17)16-7-4-5-8-16/h3-10H2,1-2H3,(H2,13,14,15). The molecule has 104 valence electrons. The lowest BCUT2D eigenvalue weighted by Gasteiger charge is -2.15. The molecule has 0 atom stereocenters. The lowest BCUT2D eigenvalue weighted by molar-refractivity contribution is -0.128. The van der Waals surface area contributed by atoms with Gasteiger partial charge in [-0.15, -0.1) is 0 Å². The van der Waals surface area contributed by atoms with E-state index in [-0.39, 0.29) is 12.5 Å². The van der Waals surface area contributed by atoms with Crippen LogP contribution in [0.1, 0.15) is 19.8 Å². The number of guanidine groups is 1. The van der Waals surface area contributed by atoms with Gasteiger partial charge in [0.25, 0.3) is 0 Å². The number of likely N-dealkylation sites (tertiary alicyclic amines) is 1. The average molecular weight is 272 g/mol. The fourth-order valence-electron chi connectivity index (χ4n) is 1.83. The molecular weight excluding hydrogens is 248 g/mol. The van der Waals surface area contributed by atoms with Crippen LogP contribution in [0.5, 0.6) is 0 Å². The first-order valence-electron chi connectivity index (χ1n) is 6.56. The van der Waals surface area contributed by atoms with E-state index in [1.165, 1.54) is 0 Å². The summed E-state index contributed by atoms with van der Waals surface area (Å²) < 4.78 is 0. The average Bonchev–Trinajstić information content (AvgIpc) is 2.89. The van der Waals surface area contributed by atoms with Crippen molar-refractivity contribution in [2.75, 3.05) is 44.7 Å². The fraction of sp³-hybridized carbons (Fsp3) is 0.833. The summed E-state index contributed by atoms with van der Waals surface area (Å²) in [7, 11) is 0. The number of carbonyl (C=O) groups is 1. The highest BCUT2D eigenvalue weighted by atomic mass is 32.2. The highest BCUT2D eigenvalue weighted by Crippen LogP contribution is 2.07. The van der Waals surface area contributed by atoms with Gasteiger partial charge in [0.15, 0.2) is 5.96 Å². The molecule has 1 aliphatic heterocycles. The van der Waals surface area contributed by atoms with Crippen LogP contribution < -0.4 is 10.6 Å². The Kier molecular flexibility index (Phi) is 7.64. The fourth-order valence-corrected chi connectivity index (χ4v) is 2.13. The molecule has 1 rings (SSSR count). The minimum absolute atomic E-state index is 0.134. The van der Waals surface area contributed by atoms with Gasteiger partial charge >= 0.3 is 0 Å². The van der Waals surface area contributed by atoms with Crippen LogP contribution in [0.2, 0.25) is 0 Å². The second-order valence-corrected chi connectivity index (χ2v) is 5.19. The molecule has 1 fully saturated rings. The number of rotatable bonds is 6. The first-order valence-corrected chi connectivity index (χ1v) is 7.96. The predicted molar refractivity (Wildman–Crippen MR) is 78.2 cm³/mol. The number of nitrogens with one attached hydrogen (secondary N) is 2. The molecule has 0 saturated carbocycles. The maximum Gasteiger partial charge on any atom is 0.244 e. The number of thioether (sulfide) groups is 1. The number of carbonyl (C=O) groups excluding carboxylic acids is 1. The first kappa shape index (κ1) is 15.1. The lowest BCUT2D eigenvalue weighted by atomic mass is 10.4. The molecule has 0 aromatic heterocycles. The molecular formula is C12H24N4OS. The summed E-state index contributed by atoms with van der Waals surface area (Å²) in [6.45, 7) is 5.73. The van der Waals surface area contributed by atoms with Gasteiger partial charge in [-0.3, -0.25) is 4.79 Å². The van der Waals surface area contributed by atoms with Gasteiger partial charge in [0.2, 0.25) is 5.91 Å². The maximum atomic E-state index is 11.8. The molecule has 0 aliphatic carbocycles. The Balaban J connectivity index is 2.35. The summed E-state index contributed by atoms with van der Waals surface area (Å²) in [5.74, 6) is 1.90. The molecule has 5 nitrogen and oxygen atoms in total. The van der Waals surface area contributed by atoms with Crippen molar-refractivity contribution in [3.05, 3.63) is 0 Å². The van der Waals surface area contributed by atoms with Gasteiger partial charge in [-0.05, 0) is 26.0 Å². The molecule has 0 aromatic rings. The molecule has 1 aliphatic rings. The Morgan fingerprint density at radius 1 is 1.33 bits per heavy atom. The number of nitrogens with zero attached hydrogens (tertiary/aromatic N) is 2. The van der Waals surface area contributed by atoms with Crippen molar-refractivity contribution in [1.82, 2.24) is 15.5 Å². The van der Waals surface area contributed by atoms with Crippen LogP contribution in [0.25, 0.3) is 0 Å². The zero-order valence-electron chi connectivity index (χ0n) is 11.4. The van der Waals surface area contributed by atoms with Crippen molar-refractivity contribution in [2.45, 2.75) is 19.8 Å². The SMILES string of the molecule is CCNC(=NCC(=O)N1CCCC1)NCCSC. The van der Waals surface area contributed by atoms with E-state index in [1.54, 1.807) is 11.8 Å². The summed E-state index contributed by atoms with van der Waals surface area (Å²) in [4.78, 5) is 18.1. The lowest BCUT2D eigenvalue weighted by Crippen LogP contribution is -2.39. The Hall–Kier alpha value is -0.910. The monoisotopic (exact) mass is 272 g/mol. The van der Waals surface area contributed by atoms with Gasteiger partial charge in [-0.1, -0.05) is 0 Å². The summed E-state index contributed by atoms with van der Waals surface area (Å²) in [6.07, 6.45) is 4.33. The minimum atomic E-state index is 0.134. The first-order chi connectivity index (χ1) is 8.77. The second kappa shape index (κ2) is 9.08. The van der Waals surface area contributed by atoms with Crippen LogP contribution in [-0.4, -0.2) is 61.5 Å². The molecule has 1 amide bonds. The number of hydrogen-bond donors (Lipinski definition) is 2. The Labute approximate surface area is 114 Å². The molecule has 0 spiro atoms. The molecule has 0 aromatic carbocycles. The summed E-state index contributed by atoms with van der Waals surface area (Å²) in [5, 5.41) is 6.36. The van der Waals surface area contributed by atoms with Crippen molar-refractivity contribution >= 4 is 23.6 Å². The Bertz CT molecular complexity index is 277. The van der Waals surface area contributed by atoms with E-state index in [9.17, 15) is 4.79 Å². The third kappa shape index (κ3) is 5.62. The highest BCUT2D eigenvalue weighted by molar-refractivity contribution is 7.98. The van der Waals surface area contributed by atoms with E-state index in [2.05, 4.69) is 21.9 Å². The van der Waals surface area contributed by atoms with Gasteiger partial charge in [0.05, 0.1) is 0 Å². The molecule has 2 N–H and O–H groups in total. The van der Waals surface area contributed by atoms with Crippen LogP contribution >= 0.6 is 11.8 Å². The Morgan fingerprint density at radius 3 is 2.67 bits per heavy atom. The van der Waals surface area contributed by atoms with Crippen molar-refractivity contribution in [3.8, 4) is 0 Å². The smallest absolute Gasteiger partial charge is 0.244 e. The Morgan fingerprint density at radius 2 is 2.06 bits per heavy atom. The third-order valence-corrected chi connectivity index (χ3v) is 3.39. The van der Waals surface area contributed by atoms with Gasteiger partial charge < -0.3 is 15.5 Å². The number of aliphatic imine (C=N–C) groups is 1. The second-order valence-electron chi connectivity index (χ2n) is 4.20. The molecule has 18 heavy (non-hydrogen) atoms. The van der Waals surface area contributed by atoms with Crippen molar-refractivity contribution in [3.63, 3.8) is 0 Å². The molecule has 6 heteroatoms. The van der Waals surface area contributed by atoms with Crippen molar-refractivity contribution < 1.29 is 4.79 Å². The zero-order chi connectivity index (χ0) is 13.2. The number of hydrogen-bond acceptors (Lipinski definition) is 3. The summed E-state index contributed by atoms with van der Waals surface area (Å²) in [6, 6.07) is 0. The van der Waals surface area contributed by atoms with Gasteiger partial charge in [-0.2, -0.15) is 11.8 Å². The number of amides is 1. The summed E-state index contributed by atoms with van der Waals surface area (Å²) >= 11 is 1.79. The van der Waals surface area contributed by atoms with E-state index >= 15 is 0 Å². The van der Waals surface area contributed by atoms with Crippen LogP contribution in [-0.2, 0) is 4.79 Å². The third-order valence-electron chi connectivity index (χ3n) is 2.77. The predicted octanol–water partition coefficient (Wildman–Crippen LogP) is 0.527. The van der Waals surface area contributed by atoms with E-state index in [4.69, 9.17) is 0 Å². The minimum Gasteiger partial charge on any atom is -0.357 e. The molecule has 0 unspecified atom stereocenters. The van der Waals surface area contributed by atoms with Crippen LogP contribution in [0.15, 0.2) is 4.99 Å². The highest BCUT2D eigenvalue weighted by Gasteiger charge is 2.17. The largest absolute Gasteiger partial charge is 0.357 e. The van der Waals surface area contributed by atoms with E-state index in [0.717, 1.165) is 50.7 Å². The van der Waals surface area contributed by atoms with Gasteiger partial charge in [0, 0.05) is 31.9 Å². The van der Waals surface area contributed by atoms with Crippen molar-refractivity contribution in [1.29, 1.82) is 0 Å². The van der Waals surface area contributed by atoms with E-state index in [0.29, 0.717) is 0 Å².